The molecule has 1 aliphatic heterocycles. The first-order valence-electron chi connectivity index (χ1n) is 7.90. The number of hydrogen-bond donors (Lipinski definition) is 0. The van der Waals surface area contributed by atoms with E-state index in [1.807, 2.05) is 49.4 Å². The van der Waals surface area contributed by atoms with E-state index >= 15 is 0 Å². The molecule has 4 nitrogen and oxygen atoms in total. The van der Waals surface area contributed by atoms with Crippen molar-refractivity contribution in [3.05, 3.63) is 53.5 Å². The molecule has 0 bridgehead atoms. The van der Waals surface area contributed by atoms with Gasteiger partial charge < -0.3 is 4.90 Å². The Hall–Kier alpha value is -1.88. The van der Waals surface area contributed by atoms with Crippen LogP contribution in [0.2, 0.25) is 0 Å². The third-order valence-corrected chi connectivity index (χ3v) is 5.19. The number of amides is 1. The SMILES string of the molecule is CCCN(CC=Cc1ccccc1)C(=O)CC1C=CS(=O)(=O)C1. The molecule has 5 heteroatoms. The molecule has 0 saturated heterocycles. The minimum absolute atomic E-state index is 0.0105. The van der Waals surface area contributed by atoms with Crippen LogP contribution in [0.5, 0.6) is 0 Å². The second-order valence-corrected chi connectivity index (χ2v) is 7.71. The monoisotopic (exact) mass is 333 g/mol. The Morgan fingerprint density at radius 1 is 1.30 bits per heavy atom. The Morgan fingerprint density at radius 3 is 2.65 bits per heavy atom. The van der Waals surface area contributed by atoms with Crippen molar-refractivity contribution >= 4 is 21.8 Å². The Morgan fingerprint density at radius 2 is 2.04 bits per heavy atom. The highest BCUT2D eigenvalue weighted by molar-refractivity contribution is 7.94. The van der Waals surface area contributed by atoms with Gasteiger partial charge in [0, 0.05) is 30.8 Å². The van der Waals surface area contributed by atoms with Gasteiger partial charge in [0.15, 0.2) is 9.84 Å². The van der Waals surface area contributed by atoms with Gasteiger partial charge in [-0.2, -0.15) is 0 Å². The summed E-state index contributed by atoms with van der Waals surface area (Å²) in [5.74, 6) is -0.125. The molecular weight excluding hydrogens is 310 g/mol. The van der Waals surface area contributed by atoms with E-state index in [0.29, 0.717) is 13.1 Å². The lowest BCUT2D eigenvalue weighted by atomic mass is 10.1. The molecule has 1 heterocycles. The first-order chi connectivity index (χ1) is 11.0. The van der Waals surface area contributed by atoms with E-state index in [-0.39, 0.29) is 24.0 Å². The van der Waals surface area contributed by atoms with Gasteiger partial charge in [-0.15, -0.1) is 0 Å². The van der Waals surface area contributed by atoms with Crippen molar-refractivity contribution in [2.45, 2.75) is 19.8 Å². The molecule has 1 aromatic rings. The third-order valence-electron chi connectivity index (χ3n) is 3.72. The number of hydrogen-bond acceptors (Lipinski definition) is 3. The molecule has 0 saturated carbocycles. The highest BCUT2D eigenvalue weighted by Gasteiger charge is 2.25. The van der Waals surface area contributed by atoms with Gasteiger partial charge in [0.25, 0.3) is 0 Å². The molecule has 23 heavy (non-hydrogen) atoms. The maximum absolute atomic E-state index is 12.4. The maximum atomic E-state index is 12.4. The lowest BCUT2D eigenvalue weighted by Gasteiger charge is -2.21. The van der Waals surface area contributed by atoms with Crippen molar-refractivity contribution in [3.63, 3.8) is 0 Å². The second-order valence-electron chi connectivity index (χ2n) is 5.78. The Bertz CT molecular complexity index is 677. The van der Waals surface area contributed by atoms with Gasteiger partial charge in [-0.1, -0.05) is 55.5 Å². The number of allylic oxidation sites excluding steroid dienone is 1. The standard InChI is InChI=1S/C18H23NO3S/c1-2-11-19(12-6-9-16-7-4-3-5-8-16)18(20)14-17-10-13-23(21,22)15-17/h3-10,13,17H,2,11-12,14-15H2,1H3. The fourth-order valence-electron chi connectivity index (χ4n) is 2.59. The largest absolute Gasteiger partial charge is 0.339 e. The molecule has 0 spiro atoms. The minimum Gasteiger partial charge on any atom is -0.339 e. The van der Waals surface area contributed by atoms with E-state index in [1.54, 1.807) is 11.0 Å². The summed E-state index contributed by atoms with van der Waals surface area (Å²) in [5, 5.41) is 1.23. The van der Waals surface area contributed by atoms with E-state index in [2.05, 4.69) is 0 Å². The van der Waals surface area contributed by atoms with Gasteiger partial charge >= 0.3 is 0 Å². The van der Waals surface area contributed by atoms with E-state index in [9.17, 15) is 13.2 Å². The van der Waals surface area contributed by atoms with Crippen molar-refractivity contribution in [2.24, 2.45) is 5.92 Å². The van der Waals surface area contributed by atoms with E-state index < -0.39 is 9.84 Å². The van der Waals surface area contributed by atoms with Crippen LogP contribution in [0, 0.1) is 5.92 Å². The summed E-state index contributed by atoms with van der Waals surface area (Å²) in [4.78, 5) is 14.2. The van der Waals surface area contributed by atoms with Crippen molar-refractivity contribution < 1.29 is 13.2 Å². The van der Waals surface area contributed by atoms with Crippen molar-refractivity contribution in [2.75, 3.05) is 18.8 Å². The van der Waals surface area contributed by atoms with Crippen LogP contribution >= 0.6 is 0 Å². The van der Waals surface area contributed by atoms with Gasteiger partial charge in [0.1, 0.15) is 0 Å². The van der Waals surface area contributed by atoms with Gasteiger partial charge in [-0.05, 0) is 12.0 Å². The topological polar surface area (TPSA) is 54.5 Å². The average Bonchev–Trinajstić information content (AvgIpc) is 2.86. The van der Waals surface area contributed by atoms with E-state index in [4.69, 9.17) is 0 Å². The van der Waals surface area contributed by atoms with E-state index in [0.717, 1.165) is 12.0 Å². The molecule has 0 aromatic heterocycles. The zero-order valence-electron chi connectivity index (χ0n) is 13.4. The zero-order chi connectivity index (χ0) is 16.7. The number of benzene rings is 1. The fraction of sp³-hybridized carbons (Fsp3) is 0.389. The molecule has 1 unspecified atom stereocenters. The molecule has 0 radical (unpaired) electrons. The van der Waals surface area contributed by atoms with Crippen molar-refractivity contribution in [1.82, 2.24) is 4.90 Å². The summed E-state index contributed by atoms with van der Waals surface area (Å²) >= 11 is 0. The number of carbonyl (C=O) groups is 1. The molecule has 0 fully saturated rings. The molecule has 124 valence electrons. The smallest absolute Gasteiger partial charge is 0.223 e. The number of carbonyl (C=O) groups excluding carboxylic acids is 1. The average molecular weight is 333 g/mol. The fourth-order valence-corrected chi connectivity index (χ4v) is 3.99. The minimum atomic E-state index is -3.10. The molecule has 1 amide bonds. The lowest BCUT2D eigenvalue weighted by Crippen LogP contribution is -2.33. The van der Waals surface area contributed by atoms with Crippen LogP contribution in [0.15, 0.2) is 47.9 Å². The number of rotatable bonds is 7. The Balaban J connectivity index is 1.91. The summed E-state index contributed by atoms with van der Waals surface area (Å²) in [5.41, 5.74) is 1.10. The number of nitrogens with zero attached hydrogens (tertiary/aromatic N) is 1. The molecule has 1 aliphatic rings. The molecule has 0 aliphatic carbocycles. The number of sulfone groups is 1. The van der Waals surface area contributed by atoms with Crippen LogP contribution in [-0.4, -0.2) is 38.1 Å². The molecule has 2 rings (SSSR count). The van der Waals surface area contributed by atoms with Crippen LogP contribution in [0.1, 0.15) is 25.3 Å². The zero-order valence-corrected chi connectivity index (χ0v) is 14.2. The maximum Gasteiger partial charge on any atom is 0.223 e. The first-order valence-corrected chi connectivity index (χ1v) is 9.62. The van der Waals surface area contributed by atoms with Crippen molar-refractivity contribution in [3.8, 4) is 0 Å². The summed E-state index contributed by atoms with van der Waals surface area (Å²) in [7, 11) is -3.10. The normalized spacial score (nSPS) is 19.3. The second kappa shape index (κ2) is 8.11. The van der Waals surface area contributed by atoms with Crippen LogP contribution in [0.3, 0.4) is 0 Å². The quantitative estimate of drug-likeness (QED) is 0.771. The first kappa shape index (κ1) is 17.5. The molecule has 1 atom stereocenters. The van der Waals surface area contributed by atoms with Crippen LogP contribution in [0.4, 0.5) is 0 Å². The van der Waals surface area contributed by atoms with Crippen LogP contribution in [-0.2, 0) is 14.6 Å². The molecule has 0 N–H and O–H groups in total. The highest BCUT2D eigenvalue weighted by Crippen LogP contribution is 2.19. The summed E-state index contributed by atoms with van der Waals surface area (Å²) in [6.07, 6.45) is 6.75. The molecular formula is C18H23NO3S. The Kier molecular flexibility index (Phi) is 6.16. The Labute approximate surface area is 138 Å². The summed E-state index contributed by atoms with van der Waals surface area (Å²) < 4.78 is 22.8. The summed E-state index contributed by atoms with van der Waals surface area (Å²) in [6, 6.07) is 9.93. The lowest BCUT2D eigenvalue weighted by molar-refractivity contribution is -0.131. The molecule has 1 aromatic carbocycles. The predicted octanol–water partition coefficient (Wildman–Crippen LogP) is 2.89. The third kappa shape index (κ3) is 5.67. The summed E-state index contributed by atoms with van der Waals surface area (Å²) in [6.45, 7) is 3.26. The van der Waals surface area contributed by atoms with Gasteiger partial charge in [-0.25, -0.2) is 8.42 Å². The van der Waals surface area contributed by atoms with Gasteiger partial charge in [0.05, 0.1) is 5.75 Å². The van der Waals surface area contributed by atoms with Gasteiger partial charge in [-0.3, -0.25) is 4.79 Å². The van der Waals surface area contributed by atoms with Crippen molar-refractivity contribution in [1.29, 1.82) is 0 Å². The van der Waals surface area contributed by atoms with Crippen LogP contribution < -0.4 is 0 Å². The highest BCUT2D eigenvalue weighted by atomic mass is 32.2. The van der Waals surface area contributed by atoms with Crippen LogP contribution in [0.25, 0.3) is 6.08 Å². The predicted molar refractivity (Wildman–Crippen MR) is 93.4 cm³/mol. The van der Waals surface area contributed by atoms with E-state index in [1.165, 1.54) is 5.41 Å². The van der Waals surface area contributed by atoms with Gasteiger partial charge in [0.2, 0.25) is 5.91 Å².